The van der Waals surface area contributed by atoms with Gasteiger partial charge in [0.2, 0.25) is 6.20 Å². The number of rotatable bonds is 1. The van der Waals surface area contributed by atoms with Crippen LogP contribution in [0.25, 0.3) is 5.70 Å². The normalized spacial score (nSPS) is 7.91. The molecule has 0 atom stereocenters. The van der Waals surface area contributed by atoms with Gasteiger partial charge < -0.3 is 0 Å². The lowest BCUT2D eigenvalue weighted by Crippen LogP contribution is -2.35. The lowest BCUT2D eigenvalue weighted by molar-refractivity contribution is -0.641. The van der Waals surface area contributed by atoms with E-state index < -0.39 is 0 Å². The van der Waals surface area contributed by atoms with Crippen molar-refractivity contribution in [3.8, 4) is 6.07 Å². The molecule has 0 aliphatic rings. The van der Waals surface area contributed by atoms with E-state index in [1.807, 2.05) is 5.87 Å². The van der Waals surface area contributed by atoms with Gasteiger partial charge in [-0.05, 0) is 15.8 Å². The molecule has 4 heteroatoms. The molecule has 1 N–H and O–H groups in total. The smallest absolute Gasteiger partial charge is 0.252 e. The predicted molar refractivity (Wildman–Crippen MR) is 37.5 cm³/mol. The third kappa shape index (κ3) is 1.48. The van der Waals surface area contributed by atoms with Crippen LogP contribution in [0.2, 0.25) is 0 Å². The fourth-order valence-electron chi connectivity index (χ4n) is 0.598. The SMILES string of the molecule is N#CC(=C=N)[n+]1ccccn1. The Morgan fingerprint density at radius 3 is 2.82 bits per heavy atom. The van der Waals surface area contributed by atoms with Crippen LogP contribution in [0.3, 0.4) is 0 Å². The first-order valence-electron chi connectivity index (χ1n) is 2.91. The third-order valence-electron chi connectivity index (χ3n) is 1.07. The number of hydrogen-bond acceptors (Lipinski definition) is 3. The molecule has 0 radical (unpaired) electrons. The average Bonchev–Trinajstić information content (AvgIpc) is 2.09. The molecule has 4 nitrogen and oxygen atoms in total. The third-order valence-corrected chi connectivity index (χ3v) is 1.07. The summed E-state index contributed by atoms with van der Waals surface area (Å²) in [4.78, 5) is 0. The molecule has 0 saturated heterocycles. The molecule has 0 bridgehead atoms. The van der Waals surface area contributed by atoms with Crippen LogP contribution in [-0.4, -0.2) is 11.0 Å². The average molecular weight is 145 g/mol. The largest absolute Gasteiger partial charge is 0.376 e. The standard InChI is InChI=1S/C7H5N4/c8-5-7(6-9)11-4-2-1-3-10-11/h1-4,8H/q+1. The molecule has 0 aliphatic heterocycles. The van der Waals surface area contributed by atoms with E-state index in [1.54, 1.807) is 24.4 Å². The lowest BCUT2D eigenvalue weighted by atomic mass is 10.5. The molecule has 1 heterocycles. The van der Waals surface area contributed by atoms with Gasteiger partial charge in [-0.2, -0.15) is 5.26 Å². The van der Waals surface area contributed by atoms with Gasteiger partial charge in [-0.3, -0.25) is 5.41 Å². The quantitative estimate of drug-likeness (QED) is 0.343. The Balaban J connectivity index is 3.15. The minimum atomic E-state index is 0.0746. The van der Waals surface area contributed by atoms with Gasteiger partial charge in [0.25, 0.3) is 0 Å². The van der Waals surface area contributed by atoms with Crippen LogP contribution in [0.1, 0.15) is 0 Å². The lowest BCUT2D eigenvalue weighted by Gasteiger charge is -1.81. The van der Waals surface area contributed by atoms with Crippen molar-refractivity contribution >= 4 is 11.6 Å². The Morgan fingerprint density at radius 2 is 2.36 bits per heavy atom. The molecule has 52 valence electrons. The number of nitrogens with zero attached hydrogens (tertiary/aromatic N) is 3. The van der Waals surface area contributed by atoms with Crippen molar-refractivity contribution in [3.63, 3.8) is 0 Å². The summed E-state index contributed by atoms with van der Waals surface area (Å²) < 4.78 is 1.28. The number of nitrogens with one attached hydrogen (secondary N) is 1. The van der Waals surface area contributed by atoms with Crippen LogP contribution in [0, 0.1) is 16.7 Å². The fraction of sp³-hybridized carbons (Fsp3) is 0. The van der Waals surface area contributed by atoms with Crippen LogP contribution in [0.15, 0.2) is 24.5 Å². The van der Waals surface area contributed by atoms with E-state index in [0.29, 0.717) is 0 Å². The van der Waals surface area contributed by atoms with Crippen LogP contribution in [-0.2, 0) is 0 Å². The van der Waals surface area contributed by atoms with Gasteiger partial charge in [0.05, 0.1) is 12.1 Å². The van der Waals surface area contributed by atoms with Crippen molar-refractivity contribution in [1.29, 1.82) is 10.7 Å². The van der Waals surface area contributed by atoms with Crippen LogP contribution in [0.4, 0.5) is 0 Å². The summed E-state index contributed by atoms with van der Waals surface area (Å²) in [6.45, 7) is 0. The van der Waals surface area contributed by atoms with Crippen molar-refractivity contribution in [3.05, 3.63) is 24.5 Å². The van der Waals surface area contributed by atoms with Crippen molar-refractivity contribution in [2.45, 2.75) is 0 Å². The second-order valence-corrected chi connectivity index (χ2v) is 1.73. The summed E-state index contributed by atoms with van der Waals surface area (Å²) in [6, 6.07) is 5.24. The minimum absolute atomic E-state index is 0.0746. The molecule has 0 saturated carbocycles. The highest BCUT2D eigenvalue weighted by Gasteiger charge is 2.07. The van der Waals surface area contributed by atoms with Crippen molar-refractivity contribution in [1.82, 2.24) is 5.10 Å². The molecule has 0 aromatic carbocycles. The number of aromatic nitrogens is 2. The predicted octanol–water partition coefficient (Wildman–Crippen LogP) is -0.0179. The maximum Gasteiger partial charge on any atom is 0.376 e. The molecule has 0 fully saturated rings. The number of hydrogen-bond donors (Lipinski definition) is 1. The first-order chi connectivity index (χ1) is 5.38. The fourth-order valence-corrected chi connectivity index (χ4v) is 0.598. The zero-order valence-electron chi connectivity index (χ0n) is 5.65. The van der Waals surface area contributed by atoms with Crippen LogP contribution in [0.5, 0.6) is 0 Å². The van der Waals surface area contributed by atoms with E-state index >= 15 is 0 Å². The van der Waals surface area contributed by atoms with Gasteiger partial charge in [0.1, 0.15) is 0 Å². The van der Waals surface area contributed by atoms with Gasteiger partial charge in [-0.1, -0.05) is 0 Å². The van der Waals surface area contributed by atoms with E-state index in [2.05, 4.69) is 5.10 Å². The summed E-state index contributed by atoms with van der Waals surface area (Å²) in [7, 11) is 0. The van der Waals surface area contributed by atoms with E-state index in [0.717, 1.165) is 0 Å². The Hall–Kier alpha value is -1.98. The monoisotopic (exact) mass is 145 g/mol. The summed E-state index contributed by atoms with van der Waals surface area (Å²) in [6.07, 6.45) is 3.12. The summed E-state index contributed by atoms with van der Waals surface area (Å²) >= 11 is 0. The highest BCUT2D eigenvalue weighted by Crippen LogP contribution is 1.80. The van der Waals surface area contributed by atoms with E-state index in [-0.39, 0.29) is 5.70 Å². The molecule has 1 aromatic heterocycles. The molecule has 0 amide bonds. The van der Waals surface area contributed by atoms with Crippen molar-refractivity contribution in [2.24, 2.45) is 0 Å². The molecule has 0 aliphatic carbocycles. The summed E-state index contributed by atoms with van der Waals surface area (Å²) in [5, 5.41) is 19.0. The molecular formula is C7H5N4+. The zero-order chi connectivity index (χ0) is 8.10. The molecule has 0 unspecified atom stereocenters. The number of nitriles is 1. The Kier molecular flexibility index (Phi) is 2.11. The highest BCUT2D eigenvalue weighted by atomic mass is 15.3. The molecule has 1 rings (SSSR count). The summed E-state index contributed by atoms with van der Waals surface area (Å²) in [5.41, 5.74) is 0.0746. The molecule has 11 heavy (non-hydrogen) atoms. The first kappa shape index (κ1) is 7.13. The maximum absolute atomic E-state index is 8.45. The molecule has 1 aromatic rings. The minimum Gasteiger partial charge on any atom is -0.252 e. The van der Waals surface area contributed by atoms with Gasteiger partial charge in [0, 0.05) is 6.07 Å². The maximum atomic E-state index is 8.45. The second kappa shape index (κ2) is 3.25. The Bertz CT molecular complexity index is 329. The number of allylic oxidation sites excluding steroid dienone is 1. The van der Waals surface area contributed by atoms with E-state index in [9.17, 15) is 0 Å². The second-order valence-electron chi connectivity index (χ2n) is 1.73. The highest BCUT2D eigenvalue weighted by molar-refractivity contribution is 5.80. The van der Waals surface area contributed by atoms with Crippen molar-refractivity contribution < 1.29 is 4.68 Å². The van der Waals surface area contributed by atoms with Crippen molar-refractivity contribution in [2.75, 3.05) is 0 Å². The Morgan fingerprint density at radius 1 is 1.55 bits per heavy atom. The zero-order valence-corrected chi connectivity index (χ0v) is 5.65. The molecular weight excluding hydrogens is 140 g/mol. The van der Waals surface area contributed by atoms with E-state index in [4.69, 9.17) is 10.7 Å². The van der Waals surface area contributed by atoms with Gasteiger partial charge in [-0.15, -0.1) is 0 Å². The topological polar surface area (TPSA) is 64.4 Å². The van der Waals surface area contributed by atoms with Gasteiger partial charge >= 0.3 is 5.70 Å². The Labute approximate surface area is 63.5 Å². The first-order valence-corrected chi connectivity index (χ1v) is 2.91. The summed E-state index contributed by atoms with van der Waals surface area (Å²) in [5.74, 6) is 1.97. The van der Waals surface area contributed by atoms with E-state index in [1.165, 1.54) is 10.9 Å². The molecule has 0 spiro atoms. The van der Waals surface area contributed by atoms with Crippen LogP contribution >= 0.6 is 0 Å². The van der Waals surface area contributed by atoms with Gasteiger partial charge in [-0.25, -0.2) is 0 Å². The van der Waals surface area contributed by atoms with Gasteiger partial charge in [0.15, 0.2) is 6.07 Å². The van der Waals surface area contributed by atoms with Crippen LogP contribution < -0.4 is 4.68 Å².